The van der Waals surface area contributed by atoms with E-state index in [1.165, 1.54) is 13.0 Å². The van der Waals surface area contributed by atoms with E-state index in [-0.39, 0.29) is 0 Å². The Morgan fingerprint density at radius 1 is 1.46 bits per heavy atom. The van der Waals surface area contributed by atoms with Gasteiger partial charge in [0.2, 0.25) is 0 Å². The Balaban J connectivity index is 3.01. The number of halogens is 1. The van der Waals surface area contributed by atoms with Gasteiger partial charge < -0.3 is 4.74 Å². The smallest absolute Gasteiger partial charge is 0.308 e. The normalized spacial score (nSPS) is 9.38. The van der Waals surface area contributed by atoms with Crippen LogP contribution in [0.2, 0.25) is 0 Å². The molecule has 0 atom stereocenters. The van der Waals surface area contributed by atoms with Crippen LogP contribution in [0.1, 0.15) is 17.3 Å². The van der Waals surface area contributed by atoms with Crippen molar-refractivity contribution in [2.24, 2.45) is 0 Å². The zero-order chi connectivity index (χ0) is 9.84. The van der Waals surface area contributed by atoms with Crippen LogP contribution in [-0.4, -0.2) is 12.3 Å². The minimum Gasteiger partial charge on any atom is -0.427 e. The lowest BCUT2D eigenvalue weighted by Gasteiger charge is -2.02. The van der Waals surface area contributed by atoms with Crippen LogP contribution in [0.5, 0.6) is 5.75 Å². The van der Waals surface area contributed by atoms with Gasteiger partial charge in [-0.3, -0.25) is 9.59 Å². The molecule has 0 aliphatic carbocycles. The van der Waals surface area contributed by atoms with E-state index in [4.69, 9.17) is 4.74 Å². The molecular formula is C9H7BrO3. The number of rotatable bonds is 2. The molecule has 13 heavy (non-hydrogen) atoms. The topological polar surface area (TPSA) is 43.4 Å². The summed E-state index contributed by atoms with van der Waals surface area (Å²) in [5.41, 5.74) is 0.464. The Bertz CT molecular complexity index is 347. The Kier molecular flexibility index (Phi) is 3.19. The fourth-order valence-electron chi connectivity index (χ4n) is 0.877. The van der Waals surface area contributed by atoms with Crippen molar-refractivity contribution in [3.63, 3.8) is 0 Å². The number of hydrogen-bond donors (Lipinski definition) is 0. The van der Waals surface area contributed by atoms with Gasteiger partial charge in [-0.15, -0.1) is 0 Å². The average molecular weight is 243 g/mol. The quantitative estimate of drug-likeness (QED) is 0.454. The molecule has 1 aromatic carbocycles. The summed E-state index contributed by atoms with van der Waals surface area (Å²) >= 11 is 3.19. The molecular weight excluding hydrogens is 236 g/mol. The number of esters is 1. The van der Waals surface area contributed by atoms with Crippen LogP contribution in [0.4, 0.5) is 0 Å². The van der Waals surface area contributed by atoms with Crippen molar-refractivity contribution in [3.05, 3.63) is 28.2 Å². The average Bonchev–Trinajstić information content (AvgIpc) is 2.01. The highest BCUT2D eigenvalue weighted by Gasteiger charge is 2.01. The van der Waals surface area contributed by atoms with Gasteiger partial charge in [0.25, 0.3) is 0 Å². The molecule has 0 saturated carbocycles. The van der Waals surface area contributed by atoms with Crippen molar-refractivity contribution >= 4 is 28.2 Å². The highest BCUT2D eigenvalue weighted by atomic mass is 79.9. The standard InChI is InChI=1S/C9H7BrO3/c1-6(12)13-9-3-7(5-11)2-8(10)4-9/h2-5H,1H3. The van der Waals surface area contributed by atoms with Crippen molar-refractivity contribution in [1.82, 2.24) is 0 Å². The Labute approximate surface area is 83.8 Å². The first-order chi connectivity index (χ1) is 6.11. The lowest BCUT2D eigenvalue weighted by Crippen LogP contribution is -2.01. The minimum absolute atomic E-state index is 0.365. The van der Waals surface area contributed by atoms with Crippen LogP contribution in [0, 0.1) is 0 Å². The lowest BCUT2D eigenvalue weighted by molar-refractivity contribution is -0.131. The first-order valence-electron chi connectivity index (χ1n) is 3.56. The molecule has 0 spiro atoms. The third kappa shape index (κ3) is 2.99. The molecule has 3 nitrogen and oxygen atoms in total. The van der Waals surface area contributed by atoms with E-state index in [9.17, 15) is 9.59 Å². The summed E-state index contributed by atoms with van der Waals surface area (Å²) in [5, 5.41) is 0. The zero-order valence-electron chi connectivity index (χ0n) is 6.91. The van der Waals surface area contributed by atoms with Gasteiger partial charge in [0.1, 0.15) is 12.0 Å². The van der Waals surface area contributed by atoms with Gasteiger partial charge in [-0.1, -0.05) is 15.9 Å². The fraction of sp³-hybridized carbons (Fsp3) is 0.111. The molecule has 0 aliphatic rings. The maximum Gasteiger partial charge on any atom is 0.308 e. The molecule has 0 amide bonds. The molecule has 0 heterocycles. The van der Waals surface area contributed by atoms with E-state index in [0.29, 0.717) is 22.1 Å². The largest absolute Gasteiger partial charge is 0.427 e. The molecule has 0 unspecified atom stereocenters. The van der Waals surface area contributed by atoms with Crippen molar-refractivity contribution in [2.45, 2.75) is 6.92 Å². The molecule has 0 aliphatic heterocycles. The van der Waals surface area contributed by atoms with Gasteiger partial charge >= 0.3 is 5.97 Å². The van der Waals surface area contributed by atoms with Crippen molar-refractivity contribution in [1.29, 1.82) is 0 Å². The number of aldehydes is 1. The van der Waals surface area contributed by atoms with Crippen LogP contribution in [0.15, 0.2) is 22.7 Å². The van der Waals surface area contributed by atoms with E-state index in [1.54, 1.807) is 12.1 Å². The monoisotopic (exact) mass is 242 g/mol. The van der Waals surface area contributed by atoms with Gasteiger partial charge in [0, 0.05) is 17.0 Å². The summed E-state index contributed by atoms with van der Waals surface area (Å²) < 4.78 is 5.51. The molecule has 0 radical (unpaired) electrons. The van der Waals surface area contributed by atoms with E-state index in [0.717, 1.165) is 0 Å². The summed E-state index contributed by atoms with van der Waals surface area (Å²) in [5.74, 6) is -0.0427. The second-order valence-corrected chi connectivity index (χ2v) is 3.35. The molecule has 4 heteroatoms. The van der Waals surface area contributed by atoms with Crippen LogP contribution in [-0.2, 0) is 4.79 Å². The Morgan fingerprint density at radius 3 is 2.69 bits per heavy atom. The number of carbonyl (C=O) groups excluding carboxylic acids is 2. The molecule has 1 aromatic rings. The lowest BCUT2D eigenvalue weighted by atomic mass is 10.2. The van der Waals surface area contributed by atoms with E-state index in [1.807, 2.05) is 0 Å². The zero-order valence-corrected chi connectivity index (χ0v) is 8.50. The maximum atomic E-state index is 10.6. The minimum atomic E-state index is -0.407. The summed E-state index contributed by atoms with van der Waals surface area (Å²) in [6.45, 7) is 1.31. The summed E-state index contributed by atoms with van der Waals surface area (Å²) in [4.78, 5) is 21.0. The maximum absolute atomic E-state index is 10.6. The second kappa shape index (κ2) is 4.18. The van der Waals surface area contributed by atoms with Gasteiger partial charge in [-0.05, 0) is 18.2 Å². The van der Waals surface area contributed by atoms with Gasteiger partial charge in [0.05, 0.1) is 0 Å². The van der Waals surface area contributed by atoms with Gasteiger partial charge in [-0.2, -0.15) is 0 Å². The van der Waals surface area contributed by atoms with Gasteiger partial charge in [0.15, 0.2) is 0 Å². The molecule has 0 fully saturated rings. The number of benzene rings is 1. The molecule has 0 aromatic heterocycles. The third-order valence-corrected chi connectivity index (χ3v) is 1.75. The summed E-state index contributed by atoms with van der Waals surface area (Å²) in [6, 6.07) is 4.76. The fourth-order valence-corrected chi connectivity index (χ4v) is 1.37. The second-order valence-electron chi connectivity index (χ2n) is 2.43. The van der Waals surface area contributed by atoms with Crippen LogP contribution >= 0.6 is 15.9 Å². The Morgan fingerprint density at radius 2 is 2.15 bits per heavy atom. The molecule has 0 bridgehead atoms. The number of ether oxygens (including phenoxy) is 1. The predicted molar refractivity (Wildman–Crippen MR) is 50.8 cm³/mol. The first kappa shape index (κ1) is 9.92. The number of carbonyl (C=O) groups is 2. The third-order valence-electron chi connectivity index (χ3n) is 1.29. The predicted octanol–water partition coefficient (Wildman–Crippen LogP) is 2.19. The SMILES string of the molecule is CC(=O)Oc1cc(Br)cc(C=O)c1. The van der Waals surface area contributed by atoms with Crippen LogP contribution < -0.4 is 4.74 Å². The molecule has 1 rings (SSSR count). The summed E-state index contributed by atoms with van der Waals surface area (Å²) in [7, 11) is 0. The van der Waals surface area contributed by atoms with E-state index >= 15 is 0 Å². The van der Waals surface area contributed by atoms with Crippen LogP contribution in [0.3, 0.4) is 0 Å². The number of hydrogen-bond acceptors (Lipinski definition) is 3. The Hall–Kier alpha value is -1.16. The van der Waals surface area contributed by atoms with Crippen molar-refractivity contribution < 1.29 is 14.3 Å². The van der Waals surface area contributed by atoms with Crippen LogP contribution in [0.25, 0.3) is 0 Å². The first-order valence-corrected chi connectivity index (χ1v) is 4.35. The highest BCUT2D eigenvalue weighted by Crippen LogP contribution is 2.20. The molecule has 68 valence electrons. The summed E-state index contributed by atoms with van der Waals surface area (Å²) in [6.07, 6.45) is 0.692. The van der Waals surface area contributed by atoms with Gasteiger partial charge in [-0.25, -0.2) is 0 Å². The van der Waals surface area contributed by atoms with Crippen molar-refractivity contribution in [3.8, 4) is 5.75 Å². The molecule has 0 N–H and O–H groups in total. The highest BCUT2D eigenvalue weighted by molar-refractivity contribution is 9.10. The van der Waals surface area contributed by atoms with E-state index < -0.39 is 5.97 Å². The van der Waals surface area contributed by atoms with Crippen molar-refractivity contribution in [2.75, 3.05) is 0 Å². The molecule has 0 saturated heterocycles. The van der Waals surface area contributed by atoms with E-state index in [2.05, 4.69) is 15.9 Å².